The molecular formula is C5H6N4S2. The number of rotatable bonds is 0. The monoisotopic (exact) mass is 186 g/mol. The van der Waals surface area contributed by atoms with Crippen LogP contribution >= 0.6 is 25.6 Å². The standard InChI is InChI=1S/C5H6N4S2/c10-8-1-4-5(7-2-6-4)9(11)3-8/h1-2,10-11H,3H2. The van der Waals surface area contributed by atoms with Crippen molar-refractivity contribution < 1.29 is 0 Å². The van der Waals surface area contributed by atoms with E-state index in [-0.39, 0.29) is 0 Å². The second-order valence-electron chi connectivity index (χ2n) is 2.19. The Morgan fingerprint density at radius 1 is 1.45 bits per heavy atom. The second-order valence-corrected chi connectivity index (χ2v) is 3.19. The van der Waals surface area contributed by atoms with Crippen molar-refractivity contribution in [2.24, 2.45) is 9.98 Å². The molecule has 0 atom stereocenters. The van der Waals surface area contributed by atoms with Crippen molar-refractivity contribution in [2.45, 2.75) is 0 Å². The average molecular weight is 186 g/mol. The molecular weight excluding hydrogens is 180 g/mol. The van der Waals surface area contributed by atoms with Crippen molar-refractivity contribution in [1.82, 2.24) is 8.61 Å². The van der Waals surface area contributed by atoms with Crippen LogP contribution in [0.4, 0.5) is 0 Å². The Labute approximate surface area is 75.4 Å². The number of amidine groups is 1. The van der Waals surface area contributed by atoms with Gasteiger partial charge in [0.05, 0.1) is 0 Å². The summed E-state index contributed by atoms with van der Waals surface area (Å²) in [5.41, 5.74) is 0.807. The van der Waals surface area contributed by atoms with Crippen LogP contribution < -0.4 is 0 Å². The number of thiol groups is 2. The number of hydrogen-bond acceptors (Lipinski definition) is 6. The molecule has 6 heteroatoms. The van der Waals surface area contributed by atoms with Gasteiger partial charge in [0.1, 0.15) is 18.7 Å². The van der Waals surface area contributed by atoms with E-state index in [1.807, 2.05) is 6.20 Å². The van der Waals surface area contributed by atoms with Gasteiger partial charge in [-0.1, -0.05) is 25.6 Å². The maximum absolute atomic E-state index is 4.19. The van der Waals surface area contributed by atoms with Gasteiger partial charge in [0.15, 0.2) is 5.84 Å². The molecule has 0 radical (unpaired) electrons. The molecule has 0 fully saturated rings. The molecule has 0 N–H and O–H groups in total. The summed E-state index contributed by atoms with van der Waals surface area (Å²) in [6, 6.07) is 0. The van der Waals surface area contributed by atoms with Crippen LogP contribution in [0.25, 0.3) is 0 Å². The van der Waals surface area contributed by atoms with Crippen LogP contribution in [-0.4, -0.2) is 27.5 Å². The summed E-state index contributed by atoms with van der Waals surface area (Å²) in [6.45, 7) is 0.609. The van der Waals surface area contributed by atoms with Crippen LogP contribution in [0.3, 0.4) is 0 Å². The Morgan fingerprint density at radius 3 is 3.09 bits per heavy atom. The molecule has 0 unspecified atom stereocenters. The predicted molar refractivity (Wildman–Crippen MR) is 50.5 cm³/mol. The zero-order valence-corrected chi connectivity index (χ0v) is 7.33. The topological polar surface area (TPSA) is 31.2 Å². The summed E-state index contributed by atoms with van der Waals surface area (Å²) < 4.78 is 3.39. The number of hydrogen-bond donors (Lipinski definition) is 2. The van der Waals surface area contributed by atoms with Gasteiger partial charge in [-0.05, 0) is 0 Å². The summed E-state index contributed by atoms with van der Waals surface area (Å²) in [5.74, 6) is 0.790. The summed E-state index contributed by atoms with van der Waals surface area (Å²) in [7, 11) is 0. The number of fused-ring (bicyclic) bond motifs is 1. The first-order chi connectivity index (χ1) is 5.27. The van der Waals surface area contributed by atoms with Crippen molar-refractivity contribution in [2.75, 3.05) is 6.67 Å². The lowest BCUT2D eigenvalue weighted by Gasteiger charge is -2.27. The summed E-state index contributed by atoms with van der Waals surface area (Å²) in [6.07, 6.45) is 3.33. The van der Waals surface area contributed by atoms with Crippen molar-refractivity contribution in [3.05, 3.63) is 11.9 Å². The van der Waals surface area contributed by atoms with E-state index in [4.69, 9.17) is 0 Å². The van der Waals surface area contributed by atoms with Crippen molar-refractivity contribution >= 4 is 37.8 Å². The summed E-state index contributed by atoms with van der Waals surface area (Å²) in [5, 5.41) is 0. The van der Waals surface area contributed by atoms with E-state index in [9.17, 15) is 0 Å². The van der Waals surface area contributed by atoms with E-state index < -0.39 is 0 Å². The van der Waals surface area contributed by atoms with Gasteiger partial charge < -0.3 is 4.31 Å². The van der Waals surface area contributed by atoms with Gasteiger partial charge in [-0.25, -0.2) is 9.98 Å². The third-order valence-electron chi connectivity index (χ3n) is 1.40. The van der Waals surface area contributed by atoms with Gasteiger partial charge in [0.25, 0.3) is 0 Å². The molecule has 0 bridgehead atoms. The highest BCUT2D eigenvalue weighted by Crippen LogP contribution is 2.19. The SMILES string of the molecule is SN1C=C2N=CN=C2N(S)C1. The van der Waals surface area contributed by atoms with Crippen molar-refractivity contribution in [1.29, 1.82) is 0 Å². The summed E-state index contributed by atoms with van der Waals surface area (Å²) >= 11 is 8.33. The molecule has 2 aliphatic rings. The molecule has 0 aromatic heterocycles. The van der Waals surface area contributed by atoms with Gasteiger partial charge in [0, 0.05) is 6.20 Å². The molecule has 2 rings (SSSR count). The van der Waals surface area contributed by atoms with Crippen LogP contribution in [0.1, 0.15) is 0 Å². The largest absolute Gasteiger partial charge is 0.304 e. The fourth-order valence-electron chi connectivity index (χ4n) is 0.946. The Bertz CT molecular complexity index is 270. The Kier molecular flexibility index (Phi) is 1.57. The first kappa shape index (κ1) is 7.05. The minimum Gasteiger partial charge on any atom is -0.304 e. The quantitative estimate of drug-likeness (QED) is 0.541. The minimum absolute atomic E-state index is 0.609. The normalized spacial score (nSPS) is 21.6. The minimum atomic E-state index is 0.609. The van der Waals surface area contributed by atoms with Gasteiger partial charge >= 0.3 is 0 Å². The molecule has 2 heterocycles. The molecule has 2 aliphatic heterocycles. The lowest BCUT2D eigenvalue weighted by molar-refractivity contribution is 0.483. The lowest BCUT2D eigenvalue weighted by Crippen LogP contribution is -2.33. The van der Waals surface area contributed by atoms with E-state index in [2.05, 4.69) is 35.6 Å². The van der Waals surface area contributed by atoms with E-state index in [0.717, 1.165) is 11.5 Å². The van der Waals surface area contributed by atoms with Crippen molar-refractivity contribution in [3.8, 4) is 0 Å². The molecule has 0 aromatic carbocycles. The van der Waals surface area contributed by atoms with E-state index in [0.29, 0.717) is 6.67 Å². The summed E-state index contributed by atoms with van der Waals surface area (Å²) in [4.78, 5) is 8.03. The third kappa shape index (κ3) is 1.12. The smallest absolute Gasteiger partial charge is 0.169 e. The fourth-order valence-corrected chi connectivity index (χ4v) is 1.57. The maximum atomic E-state index is 4.19. The molecule has 0 amide bonds. The molecule has 58 valence electrons. The molecule has 0 saturated carbocycles. The highest BCUT2D eigenvalue weighted by Gasteiger charge is 2.22. The number of aliphatic imine (C=N–C) groups is 2. The molecule has 0 spiro atoms. The van der Waals surface area contributed by atoms with Crippen LogP contribution in [0, 0.1) is 0 Å². The fraction of sp³-hybridized carbons (Fsp3) is 0.200. The van der Waals surface area contributed by atoms with Crippen LogP contribution in [0.5, 0.6) is 0 Å². The third-order valence-corrected chi connectivity index (χ3v) is 1.96. The molecule has 0 aliphatic carbocycles. The molecule has 11 heavy (non-hydrogen) atoms. The zero-order chi connectivity index (χ0) is 7.84. The lowest BCUT2D eigenvalue weighted by atomic mass is 10.4. The maximum Gasteiger partial charge on any atom is 0.169 e. The van der Waals surface area contributed by atoms with E-state index in [1.165, 1.54) is 6.34 Å². The van der Waals surface area contributed by atoms with Gasteiger partial charge in [-0.2, -0.15) is 0 Å². The second kappa shape index (κ2) is 2.46. The zero-order valence-electron chi connectivity index (χ0n) is 5.55. The molecule has 0 aromatic rings. The van der Waals surface area contributed by atoms with E-state index in [1.54, 1.807) is 8.61 Å². The van der Waals surface area contributed by atoms with E-state index >= 15 is 0 Å². The van der Waals surface area contributed by atoms with Gasteiger partial charge in [0.2, 0.25) is 0 Å². The average Bonchev–Trinajstić information content (AvgIpc) is 2.34. The Hall–Kier alpha value is -0.620. The first-order valence-corrected chi connectivity index (χ1v) is 3.82. The number of nitrogens with zero attached hydrogens (tertiary/aromatic N) is 4. The molecule has 4 nitrogen and oxygen atoms in total. The Balaban J connectivity index is 2.37. The van der Waals surface area contributed by atoms with Gasteiger partial charge in [-0.15, -0.1) is 0 Å². The highest BCUT2D eigenvalue weighted by molar-refractivity contribution is 7.79. The van der Waals surface area contributed by atoms with Crippen molar-refractivity contribution in [3.63, 3.8) is 0 Å². The van der Waals surface area contributed by atoms with Crippen LogP contribution in [0.2, 0.25) is 0 Å². The Morgan fingerprint density at radius 2 is 2.27 bits per heavy atom. The highest BCUT2D eigenvalue weighted by atomic mass is 32.1. The molecule has 0 saturated heterocycles. The van der Waals surface area contributed by atoms with Gasteiger partial charge in [-0.3, -0.25) is 4.31 Å². The van der Waals surface area contributed by atoms with Crippen LogP contribution in [0.15, 0.2) is 21.9 Å². The van der Waals surface area contributed by atoms with Crippen LogP contribution in [-0.2, 0) is 0 Å². The first-order valence-electron chi connectivity index (χ1n) is 3.02. The predicted octanol–water partition coefficient (Wildman–Crippen LogP) is 0.533.